The highest BCUT2D eigenvalue weighted by atomic mass is 16.3. The van der Waals surface area contributed by atoms with E-state index in [-0.39, 0.29) is 24.5 Å². The maximum Gasteiger partial charge on any atom is 0.220 e. The maximum absolute atomic E-state index is 11.7. The Kier molecular flexibility index (Phi) is 6.08. The monoisotopic (exact) mass is 249 g/mol. The fourth-order valence-corrected chi connectivity index (χ4v) is 1.50. The first-order chi connectivity index (χ1) is 8.59. The van der Waals surface area contributed by atoms with E-state index in [1.807, 2.05) is 6.07 Å². The molecule has 1 rings (SSSR count). The van der Waals surface area contributed by atoms with Gasteiger partial charge in [-0.1, -0.05) is 30.3 Å². The highest BCUT2D eigenvalue weighted by Crippen LogP contribution is 2.04. The minimum atomic E-state index is -0.420. The summed E-state index contributed by atoms with van der Waals surface area (Å²) in [5, 5.41) is 11.7. The predicted molar refractivity (Wildman–Crippen MR) is 69.3 cm³/mol. The van der Waals surface area contributed by atoms with Gasteiger partial charge in [0.1, 0.15) is 0 Å². The zero-order chi connectivity index (χ0) is 13.4. The lowest BCUT2D eigenvalue weighted by atomic mass is 10.1. The van der Waals surface area contributed by atoms with Crippen LogP contribution < -0.4 is 5.32 Å². The van der Waals surface area contributed by atoms with Crippen LogP contribution >= 0.6 is 0 Å². The SMILES string of the molecule is CC(O)CCNC(=O)CCC(=O)c1ccccc1. The lowest BCUT2D eigenvalue weighted by molar-refractivity contribution is -0.121. The molecule has 0 aliphatic heterocycles. The normalized spacial score (nSPS) is 11.9. The Morgan fingerprint density at radius 3 is 2.50 bits per heavy atom. The molecule has 1 amide bonds. The van der Waals surface area contributed by atoms with Gasteiger partial charge in [0.2, 0.25) is 5.91 Å². The van der Waals surface area contributed by atoms with Crippen LogP contribution in [0.15, 0.2) is 30.3 Å². The molecule has 0 aromatic heterocycles. The number of aliphatic hydroxyl groups excluding tert-OH is 1. The molecule has 1 atom stereocenters. The molecule has 0 fully saturated rings. The molecule has 98 valence electrons. The summed E-state index contributed by atoms with van der Waals surface area (Å²) in [5.74, 6) is -0.179. The van der Waals surface area contributed by atoms with Gasteiger partial charge in [-0.05, 0) is 13.3 Å². The molecule has 4 nitrogen and oxygen atoms in total. The van der Waals surface area contributed by atoms with Gasteiger partial charge in [0, 0.05) is 24.9 Å². The predicted octanol–water partition coefficient (Wildman–Crippen LogP) is 1.54. The Labute approximate surface area is 107 Å². The van der Waals surface area contributed by atoms with Crippen molar-refractivity contribution in [1.82, 2.24) is 5.32 Å². The van der Waals surface area contributed by atoms with Crippen LogP contribution in [0.3, 0.4) is 0 Å². The van der Waals surface area contributed by atoms with Gasteiger partial charge < -0.3 is 10.4 Å². The molecule has 1 aromatic carbocycles. The smallest absolute Gasteiger partial charge is 0.220 e. The van der Waals surface area contributed by atoms with Crippen LogP contribution in [-0.2, 0) is 4.79 Å². The molecule has 18 heavy (non-hydrogen) atoms. The van der Waals surface area contributed by atoms with Gasteiger partial charge in [-0.15, -0.1) is 0 Å². The van der Waals surface area contributed by atoms with Crippen molar-refractivity contribution in [3.63, 3.8) is 0 Å². The molecule has 0 bridgehead atoms. The summed E-state index contributed by atoms with van der Waals surface area (Å²) in [4.78, 5) is 23.1. The standard InChI is InChI=1S/C14H19NO3/c1-11(16)9-10-15-14(18)8-7-13(17)12-5-3-2-4-6-12/h2-6,11,16H,7-10H2,1H3,(H,15,18). The highest BCUT2D eigenvalue weighted by Gasteiger charge is 2.08. The van der Waals surface area contributed by atoms with E-state index >= 15 is 0 Å². The first-order valence-electron chi connectivity index (χ1n) is 6.12. The minimum Gasteiger partial charge on any atom is -0.393 e. The summed E-state index contributed by atoms with van der Waals surface area (Å²) < 4.78 is 0. The van der Waals surface area contributed by atoms with Crippen molar-refractivity contribution >= 4 is 11.7 Å². The van der Waals surface area contributed by atoms with E-state index in [1.54, 1.807) is 31.2 Å². The minimum absolute atomic E-state index is 0.0266. The van der Waals surface area contributed by atoms with Crippen LogP contribution in [-0.4, -0.2) is 29.4 Å². The Hall–Kier alpha value is -1.68. The van der Waals surface area contributed by atoms with Gasteiger partial charge in [0.05, 0.1) is 6.10 Å². The quantitative estimate of drug-likeness (QED) is 0.720. The first kappa shape index (κ1) is 14.4. The second-order valence-corrected chi connectivity index (χ2v) is 4.28. The summed E-state index contributed by atoms with van der Waals surface area (Å²) in [5.41, 5.74) is 0.634. The van der Waals surface area contributed by atoms with E-state index in [4.69, 9.17) is 5.11 Å². The number of aliphatic hydroxyl groups is 1. The summed E-state index contributed by atoms with van der Waals surface area (Å²) in [6.07, 6.45) is 0.507. The number of hydrogen-bond acceptors (Lipinski definition) is 3. The van der Waals surface area contributed by atoms with Gasteiger partial charge in [0.25, 0.3) is 0 Å². The Morgan fingerprint density at radius 1 is 1.22 bits per heavy atom. The molecule has 1 unspecified atom stereocenters. The highest BCUT2D eigenvalue weighted by molar-refractivity contribution is 5.97. The van der Waals surface area contributed by atoms with Crippen molar-refractivity contribution in [2.24, 2.45) is 0 Å². The van der Waals surface area contributed by atoms with Gasteiger partial charge in [0.15, 0.2) is 5.78 Å². The van der Waals surface area contributed by atoms with E-state index in [2.05, 4.69) is 5.32 Å². The number of carbonyl (C=O) groups excluding carboxylic acids is 2. The molecule has 2 N–H and O–H groups in total. The molecular formula is C14H19NO3. The molecular weight excluding hydrogens is 230 g/mol. The van der Waals surface area contributed by atoms with E-state index in [0.29, 0.717) is 18.5 Å². The molecule has 0 saturated carbocycles. The first-order valence-corrected chi connectivity index (χ1v) is 6.12. The van der Waals surface area contributed by atoms with E-state index in [0.717, 1.165) is 0 Å². The second-order valence-electron chi connectivity index (χ2n) is 4.28. The number of hydrogen-bond donors (Lipinski definition) is 2. The zero-order valence-corrected chi connectivity index (χ0v) is 10.6. The summed E-state index contributed by atoms with van der Waals surface area (Å²) in [6, 6.07) is 8.94. The molecule has 0 aliphatic carbocycles. The van der Waals surface area contributed by atoms with Crippen LogP contribution in [0.25, 0.3) is 0 Å². The largest absolute Gasteiger partial charge is 0.393 e. The lowest BCUT2D eigenvalue weighted by Gasteiger charge is -2.06. The summed E-state index contributed by atoms with van der Waals surface area (Å²) in [6.45, 7) is 2.11. The maximum atomic E-state index is 11.7. The summed E-state index contributed by atoms with van der Waals surface area (Å²) >= 11 is 0. The van der Waals surface area contributed by atoms with Crippen molar-refractivity contribution in [3.05, 3.63) is 35.9 Å². The van der Waals surface area contributed by atoms with Gasteiger partial charge in [-0.3, -0.25) is 9.59 Å². The number of ketones is 1. The average molecular weight is 249 g/mol. The Bertz CT molecular complexity index is 387. The Balaban J connectivity index is 2.24. The van der Waals surface area contributed by atoms with Crippen molar-refractivity contribution in [2.45, 2.75) is 32.3 Å². The van der Waals surface area contributed by atoms with E-state index in [1.165, 1.54) is 0 Å². The molecule has 1 aromatic rings. The average Bonchev–Trinajstić information content (AvgIpc) is 2.36. The van der Waals surface area contributed by atoms with Gasteiger partial charge in [-0.2, -0.15) is 0 Å². The third kappa shape index (κ3) is 5.59. The number of nitrogens with one attached hydrogen (secondary N) is 1. The fraction of sp³-hybridized carbons (Fsp3) is 0.429. The molecule has 0 radical (unpaired) electrons. The number of rotatable bonds is 7. The number of benzene rings is 1. The lowest BCUT2D eigenvalue weighted by Crippen LogP contribution is -2.26. The van der Waals surface area contributed by atoms with Crippen LogP contribution in [0.4, 0.5) is 0 Å². The van der Waals surface area contributed by atoms with Crippen LogP contribution in [0, 0.1) is 0 Å². The Morgan fingerprint density at radius 2 is 1.89 bits per heavy atom. The molecule has 0 aliphatic rings. The zero-order valence-electron chi connectivity index (χ0n) is 10.6. The number of Topliss-reactive ketones (excluding diaryl/α,β-unsaturated/α-hetero) is 1. The molecule has 0 spiro atoms. The third-order valence-corrected chi connectivity index (χ3v) is 2.56. The van der Waals surface area contributed by atoms with Crippen molar-refractivity contribution in [1.29, 1.82) is 0 Å². The van der Waals surface area contributed by atoms with Crippen molar-refractivity contribution in [2.75, 3.05) is 6.54 Å². The molecule has 4 heteroatoms. The van der Waals surface area contributed by atoms with Crippen LogP contribution in [0.5, 0.6) is 0 Å². The second kappa shape index (κ2) is 7.61. The van der Waals surface area contributed by atoms with E-state index < -0.39 is 6.10 Å². The number of carbonyl (C=O) groups is 2. The fourth-order valence-electron chi connectivity index (χ4n) is 1.50. The molecule has 0 heterocycles. The van der Waals surface area contributed by atoms with Crippen molar-refractivity contribution in [3.8, 4) is 0 Å². The number of amides is 1. The van der Waals surface area contributed by atoms with E-state index in [9.17, 15) is 9.59 Å². The van der Waals surface area contributed by atoms with Crippen LogP contribution in [0.2, 0.25) is 0 Å². The summed E-state index contributed by atoms with van der Waals surface area (Å²) in [7, 11) is 0. The third-order valence-electron chi connectivity index (χ3n) is 2.56. The van der Waals surface area contributed by atoms with Crippen LogP contribution in [0.1, 0.15) is 36.5 Å². The van der Waals surface area contributed by atoms with Gasteiger partial charge in [-0.25, -0.2) is 0 Å². The molecule has 0 saturated heterocycles. The topological polar surface area (TPSA) is 66.4 Å². The van der Waals surface area contributed by atoms with Gasteiger partial charge >= 0.3 is 0 Å². The van der Waals surface area contributed by atoms with Crippen molar-refractivity contribution < 1.29 is 14.7 Å².